The van der Waals surface area contributed by atoms with Gasteiger partial charge < -0.3 is 9.74 Å². The predicted molar refractivity (Wildman–Crippen MR) is 78.5 cm³/mol. The fourth-order valence-corrected chi connectivity index (χ4v) is 1.96. The van der Waals surface area contributed by atoms with Crippen LogP contribution in [0.1, 0.15) is 38.5 Å². The minimum atomic E-state index is -0.619. The summed E-state index contributed by atoms with van der Waals surface area (Å²) in [5.74, 6) is -1.87. The number of likely N-dealkylation sites (N-methyl/N-ethyl adjacent to an activating group) is 1. The predicted octanol–water partition coefficient (Wildman–Crippen LogP) is 0.367. The highest BCUT2D eigenvalue weighted by atomic mass is 16.7. The summed E-state index contributed by atoms with van der Waals surface area (Å²) in [5, 5.41) is 0.536. The standard InChI is InChI=1S/C15H20N2O6/c1-16(12(19)6-5-11-18)10-4-2-3-7-15(22)23-17-13(20)8-9-14(17)21/h5-6,11H,2-4,7-10H2,1H3/b6-5-. The Kier molecular flexibility index (Phi) is 7.65. The molecular formula is C15H20N2O6. The number of imide groups is 1. The van der Waals surface area contributed by atoms with Crippen LogP contribution < -0.4 is 0 Å². The highest BCUT2D eigenvalue weighted by Gasteiger charge is 2.32. The smallest absolute Gasteiger partial charge is 0.333 e. The van der Waals surface area contributed by atoms with Gasteiger partial charge in [-0.1, -0.05) is 6.42 Å². The molecule has 1 fully saturated rings. The summed E-state index contributed by atoms with van der Waals surface area (Å²) < 4.78 is 0. The van der Waals surface area contributed by atoms with Crippen molar-refractivity contribution in [2.24, 2.45) is 0 Å². The molecule has 0 atom stereocenters. The molecule has 0 spiro atoms. The van der Waals surface area contributed by atoms with Crippen molar-refractivity contribution in [3.05, 3.63) is 12.2 Å². The molecule has 126 valence electrons. The van der Waals surface area contributed by atoms with E-state index in [1.807, 2.05) is 0 Å². The Labute approximate surface area is 134 Å². The number of carbonyl (C=O) groups excluding carboxylic acids is 5. The van der Waals surface area contributed by atoms with Crippen LogP contribution in [0.3, 0.4) is 0 Å². The minimum Gasteiger partial charge on any atom is -0.342 e. The first-order chi connectivity index (χ1) is 11.0. The largest absolute Gasteiger partial charge is 0.342 e. The number of unbranched alkanes of at least 4 members (excludes halogenated alkanes) is 2. The number of aldehydes is 1. The maximum atomic E-state index is 11.5. The third kappa shape index (κ3) is 6.41. The van der Waals surface area contributed by atoms with Crippen LogP contribution in [0, 0.1) is 0 Å². The number of allylic oxidation sites excluding steroid dienone is 1. The van der Waals surface area contributed by atoms with Crippen LogP contribution in [-0.2, 0) is 28.8 Å². The molecule has 0 aromatic rings. The van der Waals surface area contributed by atoms with Crippen LogP contribution in [0.4, 0.5) is 0 Å². The molecule has 1 aliphatic rings. The van der Waals surface area contributed by atoms with Crippen LogP contribution >= 0.6 is 0 Å². The van der Waals surface area contributed by atoms with Crippen LogP contribution in [0.5, 0.6) is 0 Å². The van der Waals surface area contributed by atoms with Gasteiger partial charge in [-0.15, -0.1) is 5.06 Å². The molecule has 1 heterocycles. The first-order valence-corrected chi connectivity index (χ1v) is 7.39. The average Bonchev–Trinajstić information content (AvgIpc) is 2.83. The number of hydroxylamine groups is 2. The van der Waals surface area contributed by atoms with Gasteiger partial charge in [0.05, 0.1) is 0 Å². The van der Waals surface area contributed by atoms with E-state index < -0.39 is 17.8 Å². The van der Waals surface area contributed by atoms with E-state index >= 15 is 0 Å². The molecule has 23 heavy (non-hydrogen) atoms. The monoisotopic (exact) mass is 324 g/mol. The van der Waals surface area contributed by atoms with Gasteiger partial charge in [-0.3, -0.25) is 19.2 Å². The molecule has 8 nitrogen and oxygen atoms in total. The van der Waals surface area contributed by atoms with Crippen molar-refractivity contribution < 1.29 is 28.8 Å². The van der Waals surface area contributed by atoms with E-state index in [4.69, 9.17) is 4.84 Å². The van der Waals surface area contributed by atoms with E-state index in [2.05, 4.69) is 0 Å². The van der Waals surface area contributed by atoms with Gasteiger partial charge in [-0.25, -0.2) is 4.79 Å². The summed E-state index contributed by atoms with van der Waals surface area (Å²) in [6.45, 7) is 0.500. The number of amides is 3. The maximum absolute atomic E-state index is 11.5. The van der Waals surface area contributed by atoms with Gasteiger partial charge in [0.25, 0.3) is 11.8 Å². The van der Waals surface area contributed by atoms with Crippen molar-refractivity contribution in [1.29, 1.82) is 0 Å². The Balaban J connectivity index is 2.15. The lowest BCUT2D eigenvalue weighted by atomic mass is 10.2. The number of nitrogens with zero attached hydrogens (tertiary/aromatic N) is 2. The van der Waals surface area contributed by atoms with Crippen molar-refractivity contribution in [2.75, 3.05) is 13.6 Å². The molecule has 8 heteroatoms. The molecule has 3 amide bonds. The molecule has 0 bridgehead atoms. The van der Waals surface area contributed by atoms with Crippen molar-refractivity contribution in [3.8, 4) is 0 Å². The molecule has 1 saturated heterocycles. The van der Waals surface area contributed by atoms with Crippen LogP contribution in [0.2, 0.25) is 0 Å². The molecule has 0 aromatic carbocycles. The highest BCUT2D eigenvalue weighted by Crippen LogP contribution is 2.13. The second kappa shape index (κ2) is 9.50. The minimum absolute atomic E-state index is 0.0744. The van der Waals surface area contributed by atoms with Gasteiger partial charge in [0.2, 0.25) is 5.91 Å². The Morgan fingerprint density at radius 1 is 1.17 bits per heavy atom. The van der Waals surface area contributed by atoms with Crippen LogP contribution in [0.15, 0.2) is 12.2 Å². The molecule has 0 aliphatic carbocycles. The van der Waals surface area contributed by atoms with Crippen LogP contribution in [0.25, 0.3) is 0 Å². The van der Waals surface area contributed by atoms with Gasteiger partial charge >= 0.3 is 5.97 Å². The molecule has 1 aliphatic heterocycles. The molecule has 0 unspecified atom stereocenters. The lowest BCUT2D eigenvalue weighted by Crippen LogP contribution is -2.32. The van der Waals surface area contributed by atoms with Gasteiger partial charge in [0, 0.05) is 38.9 Å². The average molecular weight is 324 g/mol. The molecule has 0 aromatic heterocycles. The Morgan fingerprint density at radius 2 is 1.83 bits per heavy atom. The SMILES string of the molecule is CN(CCCCCC(=O)ON1C(=O)CCC1=O)C(=O)/C=C\C=O. The number of hydrogen-bond acceptors (Lipinski definition) is 6. The highest BCUT2D eigenvalue weighted by molar-refractivity contribution is 6.01. The summed E-state index contributed by atoms with van der Waals surface area (Å²) in [5.41, 5.74) is 0. The molecule has 1 rings (SSSR count). The van der Waals surface area contributed by atoms with E-state index in [-0.39, 0.29) is 25.2 Å². The number of hydrogen-bond donors (Lipinski definition) is 0. The first-order valence-electron chi connectivity index (χ1n) is 7.39. The van der Waals surface area contributed by atoms with Gasteiger partial charge in [0.15, 0.2) is 0 Å². The summed E-state index contributed by atoms with van der Waals surface area (Å²) in [6.07, 6.45) is 5.01. The zero-order chi connectivity index (χ0) is 17.2. The Bertz CT molecular complexity index is 498. The van der Waals surface area contributed by atoms with E-state index in [1.165, 1.54) is 11.0 Å². The maximum Gasteiger partial charge on any atom is 0.333 e. The van der Waals surface area contributed by atoms with Crippen molar-refractivity contribution in [3.63, 3.8) is 0 Å². The van der Waals surface area contributed by atoms with Crippen molar-refractivity contribution in [2.45, 2.75) is 38.5 Å². The van der Waals surface area contributed by atoms with Crippen molar-refractivity contribution in [1.82, 2.24) is 9.96 Å². The third-order valence-electron chi connectivity index (χ3n) is 3.27. The molecule has 0 saturated carbocycles. The quantitative estimate of drug-likeness (QED) is 0.263. The number of carbonyl (C=O) groups is 5. The first kappa shape index (κ1) is 18.5. The van der Waals surface area contributed by atoms with Crippen LogP contribution in [-0.4, -0.2) is 53.5 Å². The fourth-order valence-electron chi connectivity index (χ4n) is 1.96. The molecule has 0 N–H and O–H groups in total. The van der Waals surface area contributed by atoms with E-state index in [9.17, 15) is 24.0 Å². The lowest BCUT2D eigenvalue weighted by molar-refractivity contribution is -0.197. The molecule has 0 radical (unpaired) electrons. The fraction of sp³-hybridized carbons (Fsp3) is 0.533. The molecular weight excluding hydrogens is 304 g/mol. The number of rotatable bonds is 9. The van der Waals surface area contributed by atoms with E-state index in [0.29, 0.717) is 37.2 Å². The summed E-state index contributed by atoms with van der Waals surface area (Å²) >= 11 is 0. The normalized spacial score (nSPS) is 14.4. The van der Waals surface area contributed by atoms with Crippen molar-refractivity contribution >= 4 is 30.0 Å². The summed E-state index contributed by atoms with van der Waals surface area (Å²) in [4.78, 5) is 61.9. The second-order valence-corrected chi connectivity index (χ2v) is 5.11. The van der Waals surface area contributed by atoms with Gasteiger partial charge in [-0.2, -0.15) is 0 Å². The Morgan fingerprint density at radius 3 is 2.43 bits per heavy atom. The Hall–Kier alpha value is -2.51. The van der Waals surface area contributed by atoms with E-state index in [0.717, 1.165) is 6.08 Å². The van der Waals surface area contributed by atoms with Gasteiger partial charge in [-0.05, 0) is 18.9 Å². The zero-order valence-electron chi connectivity index (χ0n) is 13.0. The zero-order valence-corrected chi connectivity index (χ0v) is 13.0. The van der Waals surface area contributed by atoms with E-state index in [1.54, 1.807) is 7.05 Å². The lowest BCUT2D eigenvalue weighted by Gasteiger charge is -2.15. The van der Waals surface area contributed by atoms with Gasteiger partial charge in [0.1, 0.15) is 6.29 Å². The third-order valence-corrected chi connectivity index (χ3v) is 3.27. The topological polar surface area (TPSA) is 101 Å². The summed E-state index contributed by atoms with van der Waals surface area (Å²) in [7, 11) is 1.62. The second-order valence-electron chi connectivity index (χ2n) is 5.11. The summed E-state index contributed by atoms with van der Waals surface area (Å²) in [6, 6.07) is 0.